The van der Waals surface area contributed by atoms with Gasteiger partial charge in [0.15, 0.2) is 0 Å². The molecular formula is C22H23BrN2. The van der Waals surface area contributed by atoms with Crippen LogP contribution in [0.5, 0.6) is 0 Å². The van der Waals surface area contributed by atoms with Crippen LogP contribution in [0.1, 0.15) is 18.4 Å². The lowest BCUT2D eigenvalue weighted by Gasteiger charge is -2.33. The van der Waals surface area contributed by atoms with E-state index in [1.54, 1.807) is 0 Å². The Hall–Kier alpha value is -1.84. The topological polar surface area (TPSA) is 15.3 Å². The van der Waals surface area contributed by atoms with Gasteiger partial charge in [0.1, 0.15) is 0 Å². The molecule has 0 amide bonds. The van der Waals surface area contributed by atoms with E-state index in [0.29, 0.717) is 6.04 Å². The summed E-state index contributed by atoms with van der Waals surface area (Å²) in [5.41, 5.74) is 2.65. The maximum atomic E-state index is 3.68. The highest BCUT2D eigenvalue weighted by Crippen LogP contribution is 2.23. The predicted octanol–water partition coefficient (Wildman–Crippen LogP) is 5.68. The van der Waals surface area contributed by atoms with Crippen LogP contribution in [0.15, 0.2) is 71.2 Å². The summed E-state index contributed by atoms with van der Waals surface area (Å²) in [5.74, 6) is 0. The molecule has 128 valence electrons. The van der Waals surface area contributed by atoms with Crippen molar-refractivity contribution in [2.45, 2.75) is 25.4 Å². The van der Waals surface area contributed by atoms with Crippen LogP contribution in [0, 0.1) is 0 Å². The minimum Gasteiger partial charge on any atom is -0.382 e. The minimum atomic E-state index is 0.568. The summed E-state index contributed by atoms with van der Waals surface area (Å²) in [5, 5.41) is 6.41. The van der Waals surface area contributed by atoms with E-state index in [-0.39, 0.29) is 0 Å². The molecular weight excluding hydrogens is 372 g/mol. The summed E-state index contributed by atoms with van der Waals surface area (Å²) in [4.78, 5) is 2.58. The normalized spacial score (nSPS) is 16.2. The Labute approximate surface area is 158 Å². The van der Waals surface area contributed by atoms with Gasteiger partial charge in [0, 0.05) is 35.8 Å². The second-order valence-corrected chi connectivity index (χ2v) is 7.76. The molecule has 0 bridgehead atoms. The van der Waals surface area contributed by atoms with E-state index in [4.69, 9.17) is 0 Å². The molecule has 1 heterocycles. The lowest BCUT2D eigenvalue weighted by atomic mass is 10.0. The van der Waals surface area contributed by atoms with E-state index in [0.717, 1.165) is 24.1 Å². The van der Waals surface area contributed by atoms with Gasteiger partial charge in [0.2, 0.25) is 0 Å². The average Bonchev–Trinajstić information content (AvgIpc) is 2.64. The molecule has 0 atom stereocenters. The third-order valence-corrected chi connectivity index (χ3v) is 5.55. The molecule has 0 aromatic heterocycles. The second-order valence-electron chi connectivity index (χ2n) is 6.84. The molecule has 1 N–H and O–H groups in total. The number of anilines is 1. The lowest BCUT2D eigenvalue weighted by Crippen LogP contribution is -2.38. The van der Waals surface area contributed by atoms with E-state index < -0.39 is 0 Å². The molecule has 3 aromatic carbocycles. The number of halogens is 1. The Balaban J connectivity index is 1.37. The van der Waals surface area contributed by atoms with Crippen molar-refractivity contribution in [2.24, 2.45) is 0 Å². The fourth-order valence-electron chi connectivity index (χ4n) is 3.72. The first-order chi connectivity index (χ1) is 12.3. The number of fused-ring (bicyclic) bond motifs is 1. The quantitative estimate of drug-likeness (QED) is 0.612. The van der Waals surface area contributed by atoms with E-state index in [1.165, 1.54) is 34.9 Å². The molecule has 1 aliphatic rings. The summed E-state index contributed by atoms with van der Waals surface area (Å²) in [6.45, 7) is 3.34. The maximum absolute atomic E-state index is 3.68. The molecule has 1 aliphatic heterocycles. The first-order valence-electron chi connectivity index (χ1n) is 8.99. The smallest absolute Gasteiger partial charge is 0.0353 e. The van der Waals surface area contributed by atoms with Crippen LogP contribution in [0.25, 0.3) is 10.8 Å². The highest BCUT2D eigenvalue weighted by molar-refractivity contribution is 9.10. The zero-order valence-electron chi connectivity index (χ0n) is 14.3. The number of benzene rings is 3. The van der Waals surface area contributed by atoms with Gasteiger partial charge in [0.25, 0.3) is 0 Å². The molecule has 0 radical (unpaired) electrons. The first-order valence-corrected chi connectivity index (χ1v) is 9.78. The Morgan fingerprint density at radius 2 is 1.68 bits per heavy atom. The standard InChI is InChI=1S/C22H23BrN2/c23-19-8-4-9-21(15-19)24-20-11-13-25(14-12-20)16-18-7-3-6-17-5-1-2-10-22(17)18/h1-10,15,20,24H,11-14,16H2. The Morgan fingerprint density at radius 3 is 2.52 bits per heavy atom. The zero-order valence-corrected chi connectivity index (χ0v) is 15.9. The fourth-order valence-corrected chi connectivity index (χ4v) is 4.12. The third-order valence-electron chi connectivity index (χ3n) is 5.06. The lowest BCUT2D eigenvalue weighted by molar-refractivity contribution is 0.212. The predicted molar refractivity (Wildman–Crippen MR) is 110 cm³/mol. The molecule has 2 nitrogen and oxygen atoms in total. The van der Waals surface area contributed by atoms with Gasteiger partial charge >= 0.3 is 0 Å². The van der Waals surface area contributed by atoms with Gasteiger partial charge in [-0.15, -0.1) is 0 Å². The highest BCUT2D eigenvalue weighted by Gasteiger charge is 2.19. The summed E-state index contributed by atoms with van der Waals surface area (Å²) >= 11 is 3.55. The molecule has 0 saturated carbocycles. The van der Waals surface area contributed by atoms with Crippen molar-refractivity contribution >= 4 is 32.4 Å². The van der Waals surface area contributed by atoms with Gasteiger partial charge < -0.3 is 5.32 Å². The monoisotopic (exact) mass is 394 g/mol. The van der Waals surface area contributed by atoms with Gasteiger partial charge in [-0.25, -0.2) is 0 Å². The molecule has 1 fully saturated rings. The van der Waals surface area contributed by atoms with Crippen molar-refractivity contribution < 1.29 is 0 Å². The largest absolute Gasteiger partial charge is 0.382 e. The van der Waals surface area contributed by atoms with Crippen molar-refractivity contribution in [3.8, 4) is 0 Å². The summed E-state index contributed by atoms with van der Waals surface area (Å²) in [6.07, 6.45) is 2.38. The molecule has 0 unspecified atom stereocenters. The van der Waals surface area contributed by atoms with Gasteiger partial charge in [-0.2, -0.15) is 0 Å². The van der Waals surface area contributed by atoms with Crippen LogP contribution in [-0.4, -0.2) is 24.0 Å². The maximum Gasteiger partial charge on any atom is 0.0353 e. The second kappa shape index (κ2) is 7.59. The van der Waals surface area contributed by atoms with E-state index in [2.05, 4.69) is 92.9 Å². The number of hydrogen-bond acceptors (Lipinski definition) is 2. The number of nitrogens with one attached hydrogen (secondary N) is 1. The van der Waals surface area contributed by atoms with Crippen molar-refractivity contribution in [1.29, 1.82) is 0 Å². The van der Waals surface area contributed by atoms with E-state index >= 15 is 0 Å². The molecule has 0 aliphatic carbocycles. The Morgan fingerprint density at radius 1 is 0.920 bits per heavy atom. The number of piperidine rings is 1. The summed E-state index contributed by atoms with van der Waals surface area (Å²) < 4.78 is 1.13. The van der Waals surface area contributed by atoms with Crippen LogP contribution in [0.3, 0.4) is 0 Å². The van der Waals surface area contributed by atoms with Crippen LogP contribution in [0.4, 0.5) is 5.69 Å². The molecule has 25 heavy (non-hydrogen) atoms. The Kier molecular flexibility index (Phi) is 5.04. The van der Waals surface area contributed by atoms with E-state index in [1.807, 2.05) is 0 Å². The van der Waals surface area contributed by atoms with Crippen LogP contribution in [-0.2, 0) is 6.54 Å². The SMILES string of the molecule is Brc1cccc(NC2CCN(Cc3cccc4ccccc34)CC2)c1. The number of hydrogen-bond donors (Lipinski definition) is 1. The van der Waals surface area contributed by atoms with Crippen molar-refractivity contribution in [3.05, 3.63) is 76.8 Å². The first kappa shape index (κ1) is 16.6. The number of nitrogens with zero attached hydrogens (tertiary/aromatic N) is 1. The van der Waals surface area contributed by atoms with Gasteiger partial charge in [0.05, 0.1) is 0 Å². The summed E-state index contributed by atoms with van der Waals surface area (Å²) in [7, 11) is 0. The van der Waals surface area contributed by atoms with Crippen LogP contribution >= 0.6 is 15.9 Å². The van der Waals surface area contributed by atoms with Crippen molar-refractivity contribution in [2.75, 3.05) is 18.4 Å². The van der Waals surface area contributed by atoms with Crippen molar-refractivity contribution in [1.82, 2.24) is 4.90 Å². The minimum absolute atomic E-state index is 0.568. The van der Waals surface area contributed by atoms with E-state index in [9.17, 15) is 0 Å². The number of likely N-dealkylation sites (tertiary alicyclic amines) is 1. The molecule has 3 heteroatoms. The highest BCUT2D eigenvalue weighted by atomic mass is 79.9. The fraction of sp³-hybridized carbons (Fsp3) is 0.273. The summed E-state index contributed by atoms with van der Waals surface area (Å²) in [6, 6.07) is 24.4. The Bertz CT molecular complexity index is 848. The van der Waals surface area contributed by atoms with Crippen LogP contribution < -0.4 is 5.32 Å². The van der Waals surface area contributed by atoms with Crippen LogP contribution in [0.2, 0.25) is 0 Å². The third kappa shape index (κ3) is 4.05. The van der Waals surface area contributed by atoms with Gasteiger partial charge in [-0.3, -0.25) is 4.90 Å². The molecule has 4 rings (SSSR count). The molecule has 1 saturated heterocycles. The van der Waals surface area contributed by atoms with Crippen molar-refractivity contribution in [3.63, 3.8) is 0 Å². The number of rotatable bonds is 4. The average molecular weight is 395 g/mol. The zero-order chi connectivity index (χ0) is 17.1. The molecule has 0 spiro atoms. The molecule has 3 aromatic rings. The van der Waals surface area contributed by atoms with Gasteiger partial charge in [-0.05, 0) is 47.4 Å². The van der Waals surface area contributed by atoms with Gasteiger partial charge in [-0.1, -0.05) is 64.5 Å².